The lowest BCUT2D eigenvalue weighted by Crippen LogP contribution is -2.40. The molecule has 5 heteroatoms. The van der Waals surface area contributed by atoms with Crippen molar-refractivity contribution in [3.63, 3.8) is 0 Å². The molecule has 0 aliphatic heterocycles. The van der Waals surface area contributed by atoms with Crippen LogP contribution in [-0.4, -0.2) is 23.0 Å². The summed E-state index contributed by atoms with van der Waals surface area (Å²) < 4.78 is 0. The number of hydrogen-bond donors (Lipinski definition) is 3. The van der Waals surface area contributed by atoms with Gasteiger partial charge in [-0.15, -0.1) is 0 Å². The summed E-state index contributed by atoms with van der Waals surface area (Å²) in [5.41, 5.74) is 7.41. The third-order valence-electron chi connectivity index (χ3n) is 3.22. The number of nitrogens with two attached hydrogens (primary N) is 1. The maximum absolute atomic E-state index is 11.9. The molecule has 104 valence electrons. The predicted octanol–water partition coefficient (Wildman–Crippen LogP) is 0.913. The zero-order valence-corrected chi connectivity index (χ0v) is 11.2. The van der Waals surface area contributed by atoms with Crippen LogP contribution in [0.5, 0.6) is 0 Å². The van der Waals surface area contributed by atoms with Gasteiger partial charge < -0.3 is 16.2 Å². The van der Waals surface area contributed by atoms with Crippen molar-refractivity contribution >= 4 is 11.9 Å². The van der Waals surface area contributed by atoms with E-state index in [9.17, 15) is 9.59 Å². The maximum atomic E-state index is 11.9. The smallest absolute Gasteiger partial charge is 0.308 e. The number of carboxylic acid groups (broad SMARTS) is 1. The Morgan fingerprint density at radius 3 is 2.37 bits per heavy atom. The van der Waals surface area contributed by atoms with Crippen LogP contribution >= 0.6 is 0 Å². The van der Waals surface area contributed by atoms with E-state index < -0.39 is 17.9 Å². The summed E-state index contributed by atoms with van der Waals surface area (Å²) in [5.74, 6) is -1.73. The van der Waals surface area contributed by atoms with Gasteiger partial charge in [0.2, 0.25) is 5.91 Å². The lowest BCUT2D eigenvalue weighted by atomic mass is 10.0. The predicted molar refractivity (Wildman–Crippen MR) is 72.4 cm³/mol. The molecule has 4 N–H and O–H groups in total. The van der Waals surface area contributed by atoms with E-state index in [2.05, 4.69) is 5.32 Å². The summed E-state index contributed by atoms with van der Waals surface area (Å²) >= 11 is 0. The average molecular weight is 264 g/mol. The zero-order valence-electron chi connectivity index (χ0n) is 11.2. The van der Waals surface area contributed by atoms with Gasteiger partial charge in [-0.25, -0.2) is 0 Å². The Morgan fingerprint density at radius 2 is 1.84 bits per heavy atom. The highest BCUT2D eigenvalue weighted by molar-refractivity contribution is 5.80. The van der Waals surface area contributed by atoms with E-state index in [4.69, 9.17) is 10.8 Å². The fraction of sp³-hybridized carbons (Fsp3) is 0.429. The van der Waals surface area contributed by atoms with Crippen molar-refractivity contribution in [1.82, 2.24) is 5.32 Å². The van der Waals surface area contributed by atoms with Crippen LogP contribution in [0.2, 0.25) is 0 Å². The fourth-order valence-electron chi connectivity index (χ4n) is 1.75. The molecule has 0 aromatic heterocycles. The number of carbonyl (C=O) groups excluding carboxylic acids is 1. The minimum Gasteiger partial charge on any atom is -0.481 e. The van der Waals surface area contributed by atoms with E-state index in [1.165, 1.54) is 0 Å². The van der Waals surface area contributed by atoms with Gasteiger partial charge in [-0.3, -0.25) is 9.59 Å². The van der Waals surface area contributed by atoms with Gasteiger partial charge in [0.25, 0.3) is 0 Å². The first-order chi connectivity index (χ1) is 8.95. The number of hydrogen-bond acceptors (Lipinski definition) is 3. The first-order valence-electron chi connectivity index (χ1n) is 6.24. The SMILES string of the molecule is CC(NC(=O)Cc1ccccc1CN)C(C)C(=O)O. The molecular weight excluding hydrogens is 244 g/mol. The molecule has 0 saturated carbocycles. The first-order valence-corrected chi connectivity index (χ1v) is 6.24. The Hall–Kier alpha value is -1.88. The van der Waals surface area contributed by atoms with E-state index in [0.717, 1.165) is 11.1 Å². The lowest BCUT2D eigenvalue weighted by Gasteiger charge is -2.18. The molecule has 1 amide bonds. The van der Waals surface area contributed by atoms with Crippen LogP contribution in [0.25, 0.3) is 0 Å². The standard InChI is InChI=1S/C14H20N2O3/c1-9(14(18)19)10(2)16-13(17)7-11-5-3-4-6-12(11)8-15/h3-6,9-10H,7-8,15H2,1-2H3,(H,16,17)(H,18,19). The monoisotopic (exact) mass is 264 g/mol. The van der Waals surface area contributed by atoms with Crippen LogP contribution < -0.4 is 11.1 Å². The summed E-state index contributed by atoms with van der Waals surface area (Å²) in [4.78, 5) is 22.7. The van der Waals surface area contributed by atoms with E-state index in [1.54, 1.807) is 13.8 Å². The minimum absolute atomic E-state index is 0.193. The summed E-state index contributed by atoms with van der Waals surface area (Å²) in [5, 5.41) is 11.6. The Labute approximate surface area is 112 Å². The molecule has 1 aromatic carbocycles. The third-order valence-corrected chi connectivity index (χ3v) is 3.22. The van der Waals surface area contributed by atoms with Crippen LogP contribution in [0.4, 0.5) is 0 Å². The van der Waals surface area contributed by atoms with Gasteiger partial charge in [-0.1, -0.05) is 24.3 Å². The number of amides is 1. The minimum atomic E-state index is -0.921. The molecule has 1 rings (SSSR count). The molecule has 0 heterocycles. The second kappa shape index (κ2) is 6.89. The molecule has 1 aromatic rings. The molecular formula is C14H20N2O3. The van der Waals surface area contributed by atoms with Gasteiger partial charge in [0.15, 0.2) is 0 Å². The van der Waals surface area contributed by atoms with Crippen molar-refractivity contribution in [2.24, 2.45) is 11.7 Å². The van der Waals surface area contributed by atoms with Crippen LogP contribution in [0.3, 0.4) is 0 Å². The van der Waals surface area contributed by atoms with Crippen molar-refractivity contribution in [3.8, 4) is 0 Å². The van der Waals surface area contributed by atoms with Gasteiger partial charge >= 0.3 is 5.97 Å². The topological polar surface area (TPSA) is 92.4 Å². The lowest BCUT2D eigenvalue weighted by molar-refractivity contribution is -0.142. The van der Waals surface area contributed by atoms with Crippen LogP contribution in [0.15, 0.2) is 24.3 Å². The molecule has 2 unspecified atom stereocenters. The van der Waals surface area contributed by atoms with E-state index in [1.807, 2.05) is 24.3 Å². The highest BCUT2D eigenvalue weighted by Gasteiger charge is 2.21. The van der Waals surface area contributed by atoms with E-state index in [0.29, 0.717) is 6.54 Å². The summed E-state index contributed by atoms with van der Waals surface area (Å²) in [6.45, 7) is 3.64. The number of nitrogens with one attached hydrogen (secondary N) is 1. The Balaban J connectivity index is 2.63. The first kappa shape index (κ1) is 15.2. The summed E-state index contributed by atoms with van der Waals surface area (Å²) in [7, 11) is 0. The number of carbonyl (C=O) groups is 2. The Morgan fingerprint density at radius 1 is 1.26 bits per heavy atom. The molecule has 2 atom stereocenters. The highest BCUT2D eigenvalue weighted by atomic mass is 16.4. The van der Waals surface area contributed by atoms with E-state index in [-0.39, 0.29) is 12.3 Å². The van der Waals surface area contributed by atoms with E-state index >= 15 is 0 Å². The summed E-state index contributed by atoms with van der Waals surface area (Å²) in [6, 6.07) is 7.05. The summed E-state index contributed by atoms with van der Waals surface area (Å²) in [6.07, 6.45) is 0.212. The van der Waals surface area contributed by atoms with Crippen LogP contribution in [0, 0.1) is 5.92 Å². The average Bonchev–Trinajstić information content (AvgIpc) is 2.38. The number of benzene rings is 1. The van der Waals surface area contributed by atoms with Crippen molar-refractivity contribution < 1.29 is 14.7 Å². The molecule has 0 radical (unpaired) electrons. The molecule has 5 nitrogen and oxygen atoms in total. The van der Waals surface area contributed by atoms with Gasteiger partial charge in [-0.2, -0.15) is 0 Å². The van der Waals surface area contributed by atoms with Gasteiger partial charge in [0.1, 0.15) is 0 Å². The van der Waals surface area contributed by atoms with Crippen LogP contribution in [0.1, 0.15) is 25.0 Å². The molecule has 19 heavy (non-hydrogen) atoms. The van der Waals surface area contributed by atoms with Gasteiger partial charge in [0, 0.05) is 12.6 Å². The largest absolute Gasteiger partial charge is 0.481 e. The van der Waals surface area contributed by atoms with Gasteiger partial charge in [0.05, 0.1) is 12.3 Å². The maximum Gasteiger partial charge on any atom is 0.308 e. The zero-order chi connectivity index (χ0) is 14.4. The third kappa shape index (κ3) is 4.37. The van der Waals surface area contributed by atoms with Crippen molar-refractivity contribution in [3.05, 3.63) is 35.4 Å². The second-order valence-corrected chi connectivity index (χ2v) is 4.63. The molecule has 0 saturated heterocycles. The fourth-order valence-corrected chi connectivity index (χ4v) is 1.75. The molecule has 0 aliphatic carbocycles. The highest BCUT2D eigenvalue weighted by Crippen LogP contribution is 2.09. The molecule has 0 bridgehead atoms. The molecule has 0 aliphatic rings. The number of rotatable bonds is 6. The normalized spacial score (nSPS) is 13.6. The second-order valence-electron chi connectivity index (χ2n) is 4.63. The van der Waals surface area contributed by atoms with Crippen molar-refractivity contribution in [2.75, 3.05) is 0 Å². The number of aliphatic carboxylic acids is 1. The van der Waals surface area contributed by atoms with Crippen molar-refractivity contribution in [2.45, 2.75) is 32.9 Å². The van der Waals surface area contributed by atoms with Crippen molar-refractivity contribution in [1.29, 1.82) is 0 Å². The quantitative estimate of drug-likeness (QED) is 0.712. The Kier molecular flexibility index (Phi) is 5.51. The van der Waals surface area contributed by atoms with Gasteiger partial charge in [-0.05, 0) is 25.0 Å². The molecule has 0 spiro atoms. The molecule has 0 fully saturated rings. The Bertz CT molecular complexity index is 460. The number of carboxylic acids is 1. The van der Waals surface area contributed by atoms with Crippen LogP contribution in [-0.2, 0) is 22.6 Å².